The van der Waals surface area contributed by atoms with Gasteiger partial charge in [0.2, 0.25) is 0 Å². The van der Waals surface area contributed by atoms with E-state index in [1.165, 1.54) is 0 Å². The second-order valence-electron chi connectivity index (χ2n) is 6.28. The number of aromatic amines is 1. The number of carbonyl (C=O) groups is 1. The molecule has 1 aromatic heterocycles. The van der Waals surface area contributed by atoms with Crippen LogP contribution in [0.5, 0.6) is 0 Å². The fraction of sp³-hybridized carbons (Fsp3) is 0.625. The van der Waals surface area contributed by atoms with Gasteiger partial charge in [-0.05, 0) is 36.8 Å². The number of amides is 1. The molecule has 1 atom stereocenters. The summed E-state index contributed by atoms with van der Waals surface area (Å²) in [6.07, 6.45) is 1.56. The average Bonchev–Trinajstić information content (AvgIpc) is 2.36. The highest BCUT2D eigenvalue weighted by Gasteiger charge is 2.23. The number of hydrogen-bond donors (Lipinski definition) is 2. The minimum atomic E-state index is -0.308. The summed E-state index contributed by atoms with van der Waals surface area (Å²) in [6, 6.07) is 1.72. The van der Waals surface area contributed by atoms with Gasteiger partial charge in [0.25, 0.3) is 11.5 Å². The smallest absolute Gasteiger partial charge is 0.261 e. The van der Waals surface area contributed by atoms with Gasteiger partial charge in [-0.15, -0.1) is 0 Å². The Morgan fingerprint density at radius 2 is 1.90 bits per heavy atom. The number of aromatic nitrogens is 1. The third-order valence-corrected chi connectivity index (χ3v) is 3.84. The zero-order valence-electron chi connectivity index (χ0n) is 13.4. The van der Waals surface area contributed by atoms with Crippen molar-refractivity contribution in [1.29, 1.82) is 0 Å². The average molecular weight is 278 g/mol. The number of hydrogen-bond acceptors (Lipinski definition) is 2. The SMILES string of the molecule is CCc1cc(C(=O)N[C@H](C)C(C)(C)C)c(=O)[nH]c1CC. The van der Waals surface area contributed by atoms with E-state index in [0.717, 1.165) is 24.1 Å². The summed E-state index contributed by atoms with van der Waals surface area (Å²) >= 11 is 0. The van der Waals surface area contributed by atoms with Crippen molar-refractivity contribution >= 4 is 5.91 Å². The first-order valence-electron chi connectivity index (χ1n) is 7.26. The molecule has 4 nitrogen and oxygen atoms in total. The molecule has 0 aromatic carbocycles. The predicted molar refractivity (Wildman–Crippen MR) is 82.2 cm³/mol. The van der Waals surface area contributed by atoms with Crippen LogP contribution in [0.4, 0.5) is 0 Å². The lowest BCUT2D eigenvalue weighted by Crippen LogP contribution is -2.43. The van der Waals surface area contributed by atoms with E-state index in [4.69, 9.17) is 0 Å². The van der Waals surface area contributed by atoms with Crippen molar-refractivity contribution in [3.8, 4) is 0 Å². The van der Waals surface area contributed by atoms with Crippen molar-refractivity contribution in [3.63, 3.8) is 0 Å². The van der Waals surface area contributed by atoms with Crippen LogP contribution >= 0.6 is 0 Å². The lowest BCUT2D eigenvalue weighted by Gasteiger charge is -2.28. The van der Waals surface area contributed by atoms with Crippen LogP contribution in [-0.4, -0.2) is 16.9 Å². The van der Waals surface area contributed by atoms with E-state index in [-0.39, 0.29) is 28.5 Å². The number of aryl methyl sites for hydroxylation is 2. The molecular weight excluding hydrogens is 252 g/mol. The number of pyridine rings is 1. The van der Waals surface area contributed by atoms with Crippen LogP contribution in [0.3, 0.4) is 0 Å². The van der Waals surface area contributed by atoms with Gasteiger partial charge in [-0.3, -0.25) is 9.59 Å². The van der Waals surface area contributed by atoms with Gasteiger partial charge in [-0.1, -0.05) is 34.6 Å². The molecule has 0 aliphatic rings. The quantitative estimate of drug-likeness (QED) is 0.889. The van der Waals surface area contributed by atoms with Crippen LogP contribution in [-0.2, 0) is 12.8 Å². The van der Waals surface area contributed by atoms with Crippen molar-refractivity contribution < 1.29 is 4.79 Å². The van der Waals surface area contributed by atoms with Crippen LogP contribution in [0.1, 0.15) is 63.2 Å². The maximum Gasteiger partial charge on any atom is 0.261 e. The molecule has 20 heavy (non-hydrogen) atoms. The van der Waals surface area contributed by atoms with Gasteiger partial charge < -0.3 is 10.3 Å². The minimum Gasteiger partial charge on any atom is -0.349 e. The standard InChI is InChI=1S/C16H26N2O2/c1-7-11-9-12(15(20)18-13(11)8-2)14(19)17-10(3)16(4,5)6/h9-10H,7-8H2,1-6H3,(H,17,19)(H,18,20)/t10-/m1/s1. The number of carbonyl (C=O) groups excluding carboxylic acids is 1. The van der Waals surface area contributed by atoms with Crippen molar-refractivity contribution in [2.45, 2.75) is 60.4 Å². The van der Waals surface area contributed by atoms with Crippen molar-refractivity contribution in [2.75, 3.05) is 0 Å². The highest BCUT2D eigenvalue weighted by Crippen LogP contribution is 2.18. The molecule has 0 aliphatic carbocycles. The topological polar surface area (TPSA) is 62.0 Å². The molecule has 4 heteroatoms. The zero-order chi connectivity index (χ0) is 15.5. The minimum absolute atomic E-state index is 0.00896. The molecule has 0 unspecified atom stereocenters. The first kappa shape index (κ1) is 16.5. The van der Waals surface area contributed by atoms with E-state index >= 15 is 0 Å². The lowest BCUT2D eigenvalue weighted by atomic mass is 9.88. The molecule has 1 heterocycles. The van der Waals surface area contributed by atoms with Gasteiger partial charge in [0, 0.05) is 11.7 Å². The van der Waals surface area contributed by atoms with Crippen molar-refractivity contribution in [3.05, 3.63) is 33.2 Å². The lowest BCUT2D eigenvalue weighted by molar-refractivity contribution is 0.0908. The Morgan fingerprint density at radius 1 is 1.30 bits per heavy atom. The fourth-order valence-corrected chi connectivity index (χ4v) is 1.90. The monoisotopic (exact) mass is 278 g/mol. The summed E-state index contributed by atoms with van der Waals surface area (Å²) < 4.78 is 0. The largest absolute Gasteiger partial charge is 0.349 e. The van der Waals surface area contributed by atoms with Crippen molar-refractivity contribution in [1.82, 2.24) is 10.3 Å². The third-order valence-electron chi connectivity index (χ3n) is 3.84. The number of nitrogens with one attached hydrogen (secondary N) is 2. The van der Waals surface area contributed by atoms with E-state index in [9.17, 15) is 9.59 Å². The molecule has 1 aromatic rings. The van der Waals surface area contributed by atoms with Gasteiger partial charge in [-0.2, -0.15) is 0 Å². The summed E-state index contributed by atoms with van der Waals surface area (Å²) in [5.41, 5.74) is 1.80. The van der Waals surface area contributed by atoms with Crippen LogP contribution in [0.25, 0.3) is 0 Å². The first-order valence-corrected chi connectivity index (χ1v) is 7.26. The summed E-state index contributed by atoms with van der Waals surface area (Å²) in [6.45, 7) is 12.1. The summed E-state index contributed by atoms with van der Waals surface area (Å²) in [5, 5.41) is 2.91. The molecule has 2 N–H and O–H groups in total. The molecule has 0 aliphatic heterocycles. The highest BCUT2D eigenvalue weighted by atomic mass is 16.2. The normalized spacial score (nSPS) is 13.1. The first-order chi connectivity index (χ1) is 9.20. The Kier molecular flexibility index (Phi) is 5.15. The Balaban J connectivity index is 3.08. The summed E-state index contributed by atoms with van der Waals surface area (Å²) in [4.78, 5) is 27.1. The maximum absolute atomic E-state index is 12.3. The van der Waals surface area contributed by atoms with Crippen molar-refractivity contribution in [2.24, 2.45) is 5.41 Å². The predicted octanol–water partition coefficient (Wildman–Crippen LogP) is 2.66. The zero-order valence-corrected chi connectivity index (χ0v) is 13.4. The second-order valence-corrected chi connectivity index (χ2v) is 6.28. The van der Waals surface area contributed by atoms with Gasteiger partial charge in [0.05, 0.1) is 0 Å². The van der Waals surface area contributed by atoms with Crippen LogP contribution in [0.2, 0.25) is 0 Å². The molecule has 1 rings (SSSR count). The van der Waals surface area contributed by atoms with E-state index in [2.05, 4.69) is 31.1 Å². The number of rotatable bonds is 4. The van der Waals surface area contributed by atoms with Gasteiger partial charge in [-0.25, -0.2) is 0 Å². The van der Waals surface area contributed by atoms with E-state index in [1.807, 2.05) is 20.8 Å². The van der Waals surface area contributed by atoms with Crippen LogP contribution in [0.15, 0.2) is 10.9 Å². The highest BCUT2D eigenvalue weighted by molar-refractivity contribution is 5.94. The molecule has 0 fully saturated rings. The molecular formula is C16H26N2O2. The summed E-state index contributed by atoms with van der Waals surface area (Å²) in [7, 11) is 0. The van der Waals surface area contributed by atoms with Gasteiger partial charge >= 0.3 is 0 Å². The van der Waals surface area contributed by atoms with Crippen LogP contribution in [0, 0.1) is 5.41 Å². The Morgan fingerprint density at radius 3 is 2.35 bits per heavy atom. The van der Waals surface area contributed by atoms with E-state index in [1.54, 1.807) is 6.07 Å². The molecule has 0 spiro atoms. The molecule has 0 radical (unpaired) electrons. The van der Waals surface area contributed by atoms with Gasteiger partial charge in [0.15, 0.2) is 0 Å². The Labute approximate surface area is 121 Å². The summed E-state index contributed by atoms with van der Waals surface area (Å²) in [5.74, 6) is -0.300. The third kappa shape index (κ3) is 3.71. The molecule has 1 amide bonds. The Hall–Kier alpha value is -1.58. The molecule has 0 saturated heterocycles. The van der Waals surface area contributed by atoms with E-state index < -0.39 is 0 Å². The maximum atomic E-state index is 12.3. The van der Waals surface area contributed by atoms with Crippen LogP contribution < -0.4 is 10.9 Å². The van der Waals surface area contributed by atoms with Gasteiger partial charge in [0.1, 0.15) is 5.56 Å². The second kappa shape index (κ2) is 6.25. The molecule has 0 bridgehead atoms. The number of H-pyrrole nitrogens is 1. The Bertz CT molecular complexity index is 538. The fourth-order valence-electron chi connectivity index (χ4n) is 1.90. The van der Waals surface area contributed by atoms with E-state index in [0.29, 0.717) is 0 Å². The molecule has 112 valence electrons. The molecule has 0 saturated carbocycles.